The minimum atomic E-state index is 0.230. The van der Waals surface area contributed by atoms with Crippen LogP contribution in [-0.4, -0.2) is 21.2 Å². The lowest BCUT2D eigenvalue weighted by Crippen LogP contribution is -2.31. The predicted molar refractivity (Wildman–Crippen MR) is 66.3 cm³/mol. The number of aryl methyl sites for hydroxylation is 1. The van der Waals surface area contributed by atoms with Crippen LogP contribution < -0.4 is 5.32 Å². The summed E-state index contributed by atoms with van der Waals surface area (Å²) in [6.45, 7) is 8.64. The molecule has 92 valence electrons. The topological polar surface area (TPSA) is 53.6 Å². The van der Waals surface area contributed by atoms with E-state index < -0.39 is 0 Å². The molecule has 0 fully saturated rings. The number of hydrogen-bond acceptors (Lipinski definition) is 3. The van der Waals surface area contributed by atoms with Crippen LogP contribution in [0.5, 0.6) is 0 Å². The minimum Gasteiger partial charge on any atom is -0.305 e. The molecule has 2 atom stereocenters. The maximum Gasteiger partial charge on any atom is 0.167 e. The highest BCUT2D eigenvalue weighted by Gasteiger charge is 2.14. The molecule has 4 nitrogen and oxygen atoms in total. The van der Waals surface area contributed by atoms with E-state index in [1.54, 1.807) is 0 Å². The van der Waals surface area contributed by atoms with Crippen molar-refractivity contribution in [2.45, 2.75) is 65.5 Å². The van der Waals surface area contributed by atoms with E-state index >= 15 is 0 Å². The van der Waals surface area contributed by atoms with Gasteiger partial charge < -0.3 is 5.32 Å². The van der Waals surface area contributed by atoms with Crippen molar-refractivity contribution in [1.29, 1.82) is 0 Å². The average molecular weight is 224 g/mol. The van der Waals surface area contributed by atoms with Gasteiger partial charge in [0, 0.05) is 12.5 Å². The van der Waals surface area contributed by atoms with Gasteiger partial charge in [0.05, 0.1) is 6.04 Å². The number of aromatic nitrogens is 3. The number of hydrogen-bond donors (Lipinski definition) is 2. The molecule has 0 aliphatic carbocycles. The van der Waals surface area contributed by atoms with Crippen LogP contribution in [0.1, 0.15) is 64.6 Å². The molecule has 0 aromatic carbocycles. The molecule has 1 aromatic rings. The predicted octanol–water partition coefficient (Wildman–Crippen LogP) is 2.60. The Morgan fingerprint density at radius 1 is 1.31 bits per heavy atom. The quantitative estimate of drug-likeness (QED) is 0.748. The molecule has 16 heavy (non-hydrogen) atoms. The third kappa shape index (κ3) is 3.59. The van der Waals surface area contributed by atoms with Crippen LogP contribution in [0.15, 0.2) is 0 Å². The van der Waals surface area contributed by atoms with E-state index in [-0.39, 0.29) is 6.04 Å². The lowest BCUT2D eigenvalue weighted by Gasteiger charge is -2.19. The van der Waals surface area contributed by atoms with Gasteiger partial charge in [-0.25, -0.2) is 4.98 Å². The number of aromatic amines is 1. The van der Waals surface area contributed by atoms with E-state index in [0.717, 1.165) is 24.5 Å². The first-order chi connectivity index (χ1) is 7.71. The highest BCUT2D eigenvalue weighted by atomic mass is 15.2. The van der Waals surface area contributed by atoms with Crippen molar-refractivity contribution in [3.8, 4) is 0 Å². The van der Waals surface area contributed by atoms with Gasteiger partial charge in [0.1, 0.15) is 5.82 Å². The van der Waals surface area contributed by atoms with Crippen molar-refractivity contribution in [2.75, 3.05) is 0 Å². The van der Waals surface area contributed by atoms with Gasteiger partial charge in [0.25, 0.3) is 0 Å². The molecule has 2 N–H and O–H groups in total. The lowest BCUT2D eigenvalue weighted by atomic mass is 10.1. The van der Waals surface area contributed by atoms with Crippen LogP contribution in [0, 0.1) is 0 Å². The van der Waals surface area contributed by atoms with Gasteiger partial charge in [0.15, 0.2) is 5.82 Å². The van der Waals surface area contributed by atoms with E-state index in [4.69, 9.17) is 0 Å². The van der Waals surface area contributed by atoms with Gasteiger partial charge in [-0.05, 0) is 19.8 Å². The largest absolute Gasteiger partial charge is 0.305 e. The number of nitrogens with zero attached hydrogens (tertiary/aromatic N) is 2. The van der Waals surface area contributed by atoms with Crippen LogP contribution >= 0.6 is 0 Å². The Morgan fingerprint density at radius 3 is 2.56 bits per heavy atom. The summed E-state index contributed by atoms with van der Waals surface area (Å²) in [6, 6.07) is 0.802. The maximum atomic E-state index is 4.45. The molecule has 1 rings (SSSR count). The zero-order valence-electron chi connectivity index (χ0n) is 10.9. The second-order valence-corrected chi connectivity index (χ2v) is 4.28. The molecule has 1 aromatic heterocycles. The lowest BCUT2D eigenvalue weighted by molar-refractivity contribution is 0.407. The van der Waals surface area contributed by atoms with Crippen LogP contribution in [0.3, 0.4) is 0 Å². The third-order valence-corrected chi connectivity index (χ3v) is 2.89. The minimum absolute atomic E-state index is 0.230. The summed E-state index contributed by atoms with van der Waals surface area (Å²) >= 11 is 0. The zero-order chi connectivity index (χ0) is 12.0. The molecule has 1 heterocycles. The summed E-state index contributed by atoms with van der Waals surface area (Å²) in [5, 5.41) is 10.8. The first kappa shape index (κ1) is 13.2. The van der Waals surface area contributed by atoms with Gasteiger partial charge in [-0.1, -0.05) is 27.2 Å². The van der Waals surface area contributed by atoms with Gasteiger partial charge in [0.2, 0.25) is 0 Å². The molecule has 2 unspecified atom stereocenters. The summed E-state index contributed by atoms with van der Waals surface area (Å²) in [7, 11) is 0. The van der Waals surface area contributed by atoms with Crippen molar-refractivity contribution >= 4 is 0 Å². The van der Waals surface area contributed by atoms with Crippen LogP contribution in [0.25, 0.3) is 0 Å². The highest BCUT2D eigenvalue weighted by molar-refractivity contribution is 4.95. The molecule has 0 amide bonds. The fraction of sp³-hybridized carbons (Fsp3) is 0.833. The molecule has 4 heteroatoms. The van der Waals surface area contributed by atoms with Crippen molar-refractivity contribution in [3.63, 3.8) is 0 Å². The first-order valence-corrected chi connectivity index (χ1v) is 6.38. The Kier molecular flexibility index (Phi) is 5.46. The molecule has 0 bridgehead atoms. The number of nitrogens with one attached hydrogen (secondary N) is 2. The van der Waals surface area contributed by atoms with Crippen molar-refractivity contribution in [3.05, 3.63) is 11.6 Å². The second kappa shape index (κ2) is 6.63. The fourth-order valence-electron chi connectivity index (χ4n) is 1.84. The van der Waals surface area contributed by atoms with Gasteiger partial charge in [-0.2, -0.15) is 5.10 Å². The normalized spacial score (nSPS) is 15.0. The summed E-state index contributed by atoms with van der Waals surface area (Å²) in [5.74, 6) is 1.85. The third-order valence-electron chi connectivity index (χ3n) is 2.89. The summed E-state index contributed by atoms with van der Waals surface area (Å²) in [5.41, 5.74) is 0. The monoisotopic (exact) mass is 224 g/mol. The molecule has 0 saturated heterocycles. The Hall–Kier alpha value is -0.900. The molecule has 0 radical (unpaired) electrons. The van der Waals surface area contributed by atoms with Gasteiger partial charge in [-0.15, -0.1) is 0 Å². The first-order valence-electron chi connectivity index (χ1n) is 6.38. The maximum absolute atomic E-state index is 4.45. The van der Waals surface area contributed by atoms with E-state index in [0.29, 0.717) is 6.04 Å². The summed E-state index contributed by atoms with van der Waals surface area (Å²) < 4.78 is 0. The van der Waals surface area contributed by atoms with Gasteiger partial charge >= 0.3 is 0 Å². The van der Waals surface area contributed by atoms with E-state index in [2.05, 4.69) is 48.2 Å². The Morgan fingerprint density at radius 2 is 2.06 bits per heavy atom. The average Bonchev–Trinajstić information content (AvgIpc) is 2.76. The SMILES string of the molecule is CCCC(CC)NC(C)c1n[nH]c(CC)n1. The van der Waals surface area contributed by atoms with Crippen LogP contribution in [0.4, 0.5) is 0 Å². The molecule has 0 saturated carbocycles. The van der Waals surface area contributed by atoms with Crippen molar-refractivity contribution < 1.29 is 0 Å². The van der Waals surface area contributed by atoms with E-state index in [1.807, 2.05) is 0 Å². The van der Waals surface area contributed by atoms with Crippen molar-refractivity contribution in [1.82, 2.24) is 20.5 Å². The smallest absolute Gasteiger partial charge is 0.167 e. The fourth-order valence-corrected chi connectivity index (χ4v) is 1.84. The van der Waals surface area contributed by atoms with Crippen LogP contribution in [0.2, 0.25) is 0 Å². The van der Waals surface area contributed by atoms with Crippen LogP contribution in [-0.2, 0) is 6.42 Å². The zero-order valence-corrected chi connectivity index (χ0v) is 10.9. The Balaban J connectivity index is 2.52. The standard InChI is InChI=1S/C12H24N4/c1-5-8-10(6-2)13-9(4)12-14-11(7-3)15-16-12/h9-10,13H,5-8H2,1-4H3,(H,14,15,16). The molecular formula is C12H24N4. The second-order valence-electron chi connectivity index (χ2n) is 4.28. The summed E-state index contributed by atoms with van der Waals surface area (Å²) in [4.78, 5) is 4.45. The number of rotatable bonds is 7. The van der Waals surface area contributed by atoms with E-state index in [9.17, 15) is 0 Å². The molecule has 0 spiro atoms. The summed E-state index contributed by atoms with van der Waals surface area (Å²) in [6.07, 6.45) is 4.49. The number of H-pyrrole nitrogens is 1. The van der Waals surface area contributed by atoms with E-state index in [1.165, 1.54) is 12.8 Å². The van der Waals surface area contributed by atoms with Gasteiger partial charge in [-0.3, -0.25) is 5.10 Å². The molecule has 0 aliphatic rings. The molecule has 0 aliphatic heterocycles. The Labute approximate surface area is 98.2 Å². The highest BCUT2D eigenvalue weighted by Crippen LogP contribution is 2.11. The van der Waals surface area contributed by atoms with Crippen molar-refractivity contribution in [2.24, 2.45) is 0 Å². The molecular weight excluding hydrogens is 200 g/mol. The Bertz CT molecular complexity index is 295.